The lowest BCUT2D eigenvalue weighted by Gasteiger charge is -2.34. The predicted octanol–water partition coefficient (Wildman–Crippen LogP) is 5.17. The van der Waals surface area contributed by atoms with Crippen LogP contribution >= 0.6 is 11.6 Å². The molecule has 0 aliphatic heterocycles. The molecule has 1 fully saturated rings. The highest BCUT2D eigenvalue weighted by atomic mass is 35.5. The summed E-state index contributed by atoms with van der Waals surface area (Å²) < 4.78 is 61.8. The van der Waals surface area contributed by atoms with Crippen LogP contribution in [0.4, 0.5) is 17.6 Å². The van der Waals surface area contributed by atoms with Crippen molar-refractivity contribution < 1.29 is 27.1 Å². The van der Waals surface area contributed by atoms with E-state index >= 15 is 4.39 Å². The first-order chi connectivity index (χ1) is 17.0. The van der Waals surface area contributed by atoms with Crippen molar-refractivity contribution >= 4 is 17.5 Å². The number of ether oxygens (including phenoxy) is 1. The number of H-pyrrole nitrogens is 1. The molecule has 1 saturated carbocycles. The van der Waals surface area contributed by atoms with Gasteiger partial charge in [-0.3, -0.25) is 9.59 Å². The van der Waals surface area contributed by atoms with Crippen molar-refractivity contribution in [3.8, 4) is 11.4 Å². The van der Waals surface area contributed by atoms with Crippen LogP contribution in [-0.4, -0.2) is 22.0 Å². The van der Waals surface area contributed by atoms with Gasteiger partial charge in [0.1, 0.15) is 11.6 Å². The summed E-state index contributed by atoms with van der Waals surface area (Å²) in [5.41, 5.74) is -2.05. The third-order valence-electron chi connectivity index (χ3n) is 5.98. The molecule has 3 aromatic rings. The Hall–Kier alpha value is -3.24. The number of carbonyl (C=O) groups excluding carboxylic acids is 1. The topological polar surface area (TPSA) is 84.1 Å². The van der Waals surface area contributed by atoms with Gasteiger partial charge in [0.2, 0.25) is 5.91 Å². The van der Waals surface area contributed by atoms with Crippen LogP contribution in [0.3, 0.4) is 0 Å². The molecule has 0 saturated heterocycles. The molecule has 0 spiro atoms. The molecule has 1 aliphatic carbocycles. The monoisotopic (exact) mass is 523 g/mol. The molecule has 190 valence electrons. The molecule has 1 aromatic heterocycles. The number of aromatic amines is 1. The van der Waals surface area contributed by atoms with E-state index in [4.69, 9.17) is 16.3 Å². The predicted molar refractivity (Wildman–Crippen MR) is 125 cm³/mol. The van der Waals surface area contributed by atoms with Crippen molar-refractivity contribution in [2.75, 3.05) is 0 Å². The van der Waals surface area contributed by atoms with Crippen molar-refractivity contribution in [3.05, 3.63) is 86.0 Å². The molecule has 1 amide bonds. The van der Waals surface area contributed by atoms with Crippen molar-refractivity contribution in [3.63, 3.8) is 0 Å². The molecule has 11 heteroatoms. The fraction of sp³-hybridized carbons (Fsp3) is 0.320. The van der Waals surface area contributed by atoms with Gasteiger partial charge in [0.05, 0.1) is 23.8 Å². The zero-order valence-corrected chi connectivity index (χ0v) is 19.8. The highest BCUT2D eigenvalue weighted by Gasteiger charge is 2.38. The summed E-state index contributed by atoms with van der Waals surface area (Å²) in [5, 5.41) is 3.17. The summed E-state index contributed by atoms with van der Waals surface area (Å²) >= 11 is 6.10. The molecular weight excluding hydrogens is 502 g/mol. The average Bonchev–Trinajstić information content (AvgIpc) is 2.76. The van der Waals surface area contributed by atoms with E-state index in [1.54, 1.807) is 6.07 Å². The lowest BCUT2D eigenvalue weighted by Crippen LogP contribution is -2.42. The van der Waals surface area contributed by atoms with Crippen molar-refractivity contribution in [1.82, 2.24) is 15.3 Å². The second kappa shape index (κ2) is 10.4. The van der Waals surface area contributed by atoms with Crippen LogP contribution in [0, 0.1) is 18.7 Å². The second-order valence-electron chi connectivity index (χ2n) is 8.60. The number of amides is 1. The highest BCUT2D eigenvalue weighted by molar-refractivity contribution is 6.31. The van der Waals surface area contributed by atoms with Crippen LogP contribution in [0.25, 0.3) is 11.4 Å². The van der Waals surface area contributed by atoms with Gasteiger partial charge in [0.15, 0.2) is 0 Å². The first kappa shape index (κ1) is 25.8. The molecule has 0 atom stereocenters. The number of aryl methyl sites for hydroxylation is 1. The van der Waals surface area contributed by atoms with Crippen molar-refractivity contribution in [2.45, 2.75) is 45.2 Å². The maximum absolute atomic E-state index is 15.3. The normalized spacial score (nSPS) is 17.5. The van der Waals surface area contributed by atoms with E-state index in [2.05, 4.69) is 15.3 Å². The molecule has 1 heterocycles. The number of hydrogen-bond acceptors (Lipinski definition) is 4. The van der Waals surface area contributed by atoms with Crippen LogP contribution in [0.2, 0.25) is 5.02 Å². The zero-order chi connectivity index (χ0) is 26.0. The van der Waals surface area contributed by atoms with Gasteiger partial charge < -0.3 is 15.0 Å². The number of nitrogens with zero attached hydrogens (tertiary/aromatic N) is 1. The number of rotatable bonds is 7. The molecule has 0 bridgehead atoms. The summed E-state index contributed by atoms with van der Waals surface area (Å²) in [7, 11) is 0. The minimum atomic E-state index is -4.88. The third kappa shape index (κ3) is 5.76. The van der Waals surface area contributed by atoms with Gasteiger partial charge >= 0.3 is 6.18 Å². The smallest absolute Gasteiger partial charge is 0.373 e. The summed E-state index contributed by atoms with van der Waals surface area (Å²) in [6.07, 6.45) is -4.09. The van der Waals surface area contributed by atoms with E-state index in [0.29, 0.717) is 30.5 Å². The SMILES string of the molecule is Cc1cc(=O)[nH]c(-c2c(C(F)(F)F)ccc(CNC(=O)[C@H]3C[C@H](OCc4ccccc4Cl)C3)c2F)n1. The number of benzene rings is 2. The molecular formula is C25H22ClF4N3O3. The van der Waals surface area contributed by atoms with Crippen LogP contribution < -0.4 is 10.9 Å². The van der Waals surface area contributed by atoms with Gasteiger partial charge in [-0.25, -0.2) is 9.37 Å². The van der Waals surface area contributed by atoms with Gasteiger partial charge in [-0.1, -0.05) is 35.9 Å². The fourth-order valence-electron chi connectivity index (χ4n) is 3.99. The fourth-order valence-corrected chi connectivity index (χ4v) is 4.18. The van der Waals surface area contributed by atoms with Gasteiger partial charge in [0.25, 0.3) is 5.56 Å². The van der Waals surface area contributed by atoms with E-state index in [1.165, 1.54) is 6.92 Å². The van der Waals surface area contributed by atoms with Crippen LogP contribution in [0.15, 0.2) is 47.3 Å². The van der Waals surface area contributed by atoms with E-state index in [-0.39, 0.29) is 35.7 Å². The number of halogens is 5. The Labute approximate surface area is 208 Å². The van der Waals surface area contributed by atoms with Crippen LogP contribution in [0.1, 0.15) is 35.2 Å². The van der Waals surface area contributed by atoms with Crippen molar-refractivity contribution in [2.24, 2.45) is 5.92 Å². The highest BCUT2D eigenvalue weighted by Crippen LogP contribution is 2.38. The maximum atomic E-state index is 15.3. The molecule has 2 N–H and O–H groups in total. The first-order valence-electron chi connectivity index (χ1n) is 11.1. The number of nitrogens with one attached hydrogen (secondary N) is 2. The lowest BCUT2D eigenvalue weighted by atomic mass is 9.81. The molecule has 0 unspecified atom stereocenters. The number of carbonyl (C=O) groups is 1. The standard InChI is InChI=1S/C25H22ClF4N3O3/c1-13-8-20(34)33-23(32-13)21-18(25(28,29)30)7-6-14(22(21)27)11-31-24(35)16-9-17(10-16)36-12-15-4-2-3-5-19(15)26/h2-8,16-17H,9-12H2,1H3,(H,31,35)(H,32,33,34)/t16-,17-. The summed E-state index contributed by atoms with van der Waals surface area (Å²) in [5.74, 6) is -2.45. The molecule has 2 aromatic carbocycles. The Morgan fingerprint density at radius 2 is 1.92 bits per heavy atom. The first-order valence-corrected chi connectivity index (χ1v) is 11.5. The van der Waals surface area contributed by atoms with Crippen LogP contribution in [-0.2, 0) is 28.9 Å². The largest absolute Gasteiger partial charge is 0.417 e. The van der Waals surface area contributed by atoms with Gasteiger partial charge in [-0.15, -0.1) is 0 Å². The number of alkyl halides is 3. The molecule has 0 radical (unpaired) electrons. The summed E-state index contributed by atoms with van der Waals surface area (Å²) in [4.78, 5) is 30.3. The number of hydrogen-bond donors (Lipinski definition) is 2. The number of aromatic nitrogens is 2. The zero-order valence-electron chi connectivity index (χ0n) is 19.1. The van der Waals surface area contributed by atoms with E-state index in [1.807, 2.05) is 18.2 Å². The Morgan fingerprint density at radius 3 is 2.58 bits per heavy atom. The second-order valence-corrected chi connectivity index (χ2v) is 9.01. The van der Waals surface area contributed by atoms with Gasteiger partial charge in [0, 0.05) is 34.8 Å². The molecule has 1 aliphatic rings. The average molecular weight is 524 g/mol. The Balaban J connectivity index is 1.42. The van der Waals surface area contributed by atoms with Gasteiger partial charge in [-0.2, -0.15) is 13.2 Å². The van der Waals surface area contributed by atoms with E-state index in [0.717, 1.165) is 17.7 Å². The molecule has 4 rings (SSSR count). The molecule has 36 heavy (non-hydrogen) atoms. The molecule has 6 nitrogen and oxygen atoms in total. The Kier molecular flexibility index (Phi) is 7.46. The van der Waals surface area contributed by atoms with Crippen LogP contribution in [0.5, 0.6) is 0 Å². The van der Waals surface area contributed by atoms with Crippen molar-refractivity contribution in [1.29, 1.82) is 0 Å². The minimum Gasteiger partial charge on any atom is -0.373 e. The van der Waals surface area contributed by atoms with Gasteiger partial charge in [-0.05, 0) is 37.5 Å². The summed E-state index contributed by atoms with van der Waals surface area (Å²) in [6.45, 7) is 1.40. The summed E-state index contributed by atoms with van der Waals surface area (Å²) in [6, 6.07) is 10.0. The third-order valence-corrected chi connectivity index (χ3v) is 6.35. The Bertz CT molecular complexity index is 1340. The maximum Gasteiger partial charge on any atom is 0.417 e. The quantitative estimate of drug-likeness (QED) is 0.419. The Morgan fingerprint density at radius 1 is 1.19 bits per heavy atom. The van der Waals surface area contributed by atoms with E-state index in [9.17, 15) is 22.8 Å². The van der Waals surface area contributed by atoms with E-state index < -0.39 is 34.5 Å². The minimum absolute atomic E-state index is 0.129. The lowest BCUT2D eigenvalue weighted by molar-refractivity contribution is -0.137.